The molecule has 0 radical (unpaired) electrons. The van der Waals surface area contributed by atoms with Gasteiger partial charge in [0.1, 0.15) is 12.9 Å². The standard InChI is InChI=1S/C23H21N6O2/c1-14-25-11-16(12-26-14)30-22-21-17-7-4-8-19(24-2)18(17)10-20(21)27-23(28-22)31-15-6-5-9-29(3)13-15/h4-9,11-13,24H,10H2,1-3H3/q+1. The molecule has 0 unspecified atom stereocenters. The number of aryl methyl sites for hydroxylation is 2. The van der Waals surface area contributed by atoms with Crippen LogP contribution in [0, 0.1) is 6.92 Å². The molecule has 154 valence electrons. The van der Waals surface area contributed by atoms with Crippen LogP contribution >= 0.6 is 0 Å². The monoisotopic (exact) mass is 413 g/mol. The summed E-state index contributed by atoms with van der Waals surface area (Å²) in [5, 5.41) is 3.26. The van der Waals surface area contributed by atoms with Gasteiger partial charge >= 0.3 is 6.01 Å². The van der Waals surface area contributed by atoms with Crippen LogP contribution in [0.1, 0.15) is 17.1 Å². The van der Waals surface area contributed by atoms with Gasteiger partial charge in [-0.3, -0.25) is 0 Å². The van der Waals surface area contributed by atoms with Crippen LogP contribution in [0.15, 0.2) is 55.1 Å². The number of hydrogen-bond acceptors (Lipinski definition) is 7. The molecular formula is C23H21N6O2+. The Labute approximate surface area is 179 Å². The summed E-state index contributed by atoms with van der Waals surface area (Å²) in [5.41, 5.74) is 4.97. The Hall–Kier alpha value is -4.07. The fourth-order valence-corrected chi connectivity index (χ4v) is 3.67. The number of anilines is 1. The largest absolute Gasteiger partial charge is 0.435 e. The molecule has 5 rings (SSSR count). The summed E-state index contributed by atoms with van der Waals surface area (Å²) in [4.78, 5) is 17.7. The third-order valence-electron chi connectivity index (χ3n) is 5.08. The molecule has 0 bridgehead atoms. The third-order valence-corrected chi connectivity index (χ3v) is 5.08. The Morgan fingerprint density at radius 1 is 1.00 bits per heavy atom. The van der Waals surface area contributed by atoms with E-state index in [0.717, 1.165) is 28.1 Å². The van der Waals surface area contributed by atoms with E-state index in [1.807, 2.05) is 62.2 Å². The van der Waals surface area contributed by atoms with Crippen LogP contribution in [0.25, 0.3) is 11.1 Å². The van der Waals surface area contributed by atoms with Gasteiger partial charge < -0.3 is 14.8 Å². The maximum atomic E-state index is 6.13. The van der Waals surface area contributed by atoms with Gasteiger partial charge in [0.15, 0.2) is 17.7 Å². The highest BCUT2D eigenvalue weighted by Gasteiger charge is 2.29. The molecule has 3 aromatic heterocycles. The van der Waals surface area contributed by atoms with Crippen LogP contribution in [0.4, 0.5) is 5.69 Å². The van der Waals surface area contributed by atoms with Gasteiger partial charge in [0.05, 0.1) is 23.7 Å². The molecular weight excluding hydrogens is 392 g/mol. The second-order valence-electron chi connectivity index (χ2n) is 7.27. The van der Waals surface area contributed by atoms with Crippen molar-refractivity contribution in [2.45, 2.75) is 13.3 Å². The molecule has 0 spiro atoms. The molecule has 3 heterocycles. The van der Waals surface area contributed by atoms with Crippen LogP contribution < -0.4 is 19.4 Å². The molecule has 0 atom stereocenters. The molecule has 0 amide bonds. The highest BCUT2D eigenvalue weighted by atomic mass is 16.5. The molecule has 31 heavy (non-hydrogen) atoms. The summed E-state index contributed by atoms with van der Waals surface area (Å²) >= 11 is 0. The number of benzene rings is 1. The van der Waals surface area contributed by atoms with Crippen LogP contribution in [0.3, 0.4) is 0 Å². The smallest absolute Gasteiger partial charge is 0.325 e. The summed E-state index contributed by atoms with van der Waals surface area (Å²) in [6.45, 7) is 1.83. The van der Waals surface area contributed by atoms with E-state index in [1.165, 1.54) is 0 Å². The molecule has 0 saturated carbocycles. The van der Waals surface area contributed by atoms with Crippen molar-refractivity contribution in [1.82, 2.24) is 19.9 Å². The number of pyridine rings is 1. The van der Waals surface area contributed by atoms with Gasteiger partial charge in [-0.15, -0.1) is 0 Å². The van der Waals surface area contributed by atoms with Crippen LogP contribution in [0.5, 0.6) is 23.4 Å². The fraction of sp³-hybridized carbons (Fsp3) is 0.174. The highest BCUT2D eigenvalue weighted by molar-refractivity contribution is 5.84. The first kappa shape index (κ1) is 18.9. The van der Waals surface area contributed by atoms with Crippen molar-refractivity contribution in [1.29, 1.82) is 0 Å². The number of nitrogens with one attached hydrogen (secondary N) is 1. The SMILES string of the molecule is CNc1cccc2c1Cc1nc(Oc3ccc[n+](C)c3)nc(Oc3cnc(C)nc3)c1-2. The second-order valence-corrected chi connectivity index (χ2v) is 7.27. The lowest BCUT2D eigenvalue weighted by Crippen LogP contribution is -2.25. The summed E-state index contributed by atoms with van der Waals surface area (Å²) in [6.07, 6.45) is 7.71. The van der Waals surface area contributed by atoms with Crippen LogP contribution in [0.2, 0.25) is 0 Å². The van der Waals surface area contributed by atoms with E-state index in [0.29, 0.717) is 29.6 Å². The van der Waals surface area contributed by atoms with E-state index >= 15 is 0 Å². The zero-order valence-corrected chi connectivity index (χ0v) is 17.5. The Kier molecular flexibility index (Phi) is 4.66. The zero-order valence-electron chi connectivity index (χ0n) is 17.5. The van der Waals surface area contributed by atoms with Gasteiger partial charge in [-0.1, -0.05) is 12.1 Å². The second kappa shape index (κ2) is 7.64. The van der Waals surface area contributed by atoms with Gasteiger partial charge in [0, 0.05) is 25.2 Å². The summed E-state index contributed by atoms with van der Waals surface area (Å²) in [5.74, 6) is 2.23. The molecule has 8 nitrogen and oxygen atoms in total. The molecule has 1 aliphatic carbocycles. The topological polar surface area (TPSA) is 85.9 Å². The Bertz CT molecular complexity index is 1270. The minimum absolute atomic E-state index is 0.229. The third kappa shape index (κ3) is 3.63. The number of aromatic nitrogens is 5. The van der Waals surface area contributed by atoms with Gasteiger partial charge in [-0.2, -0.15) is 9.97 Å². The van der Waals surface area contributed by atoms with Crippen molar-refractivity contribution in [2.24, 2.45) is 7.05 Å². The molecule has 1 aliphatic rings. The van der Waals surface area contributed by atoms with Crippen molar-refractivity contribution < 1.29 is 14.0 Å². The number of fused-ring (bicyclic) bond motifs is 3. The van der Waals surface area contributed by atoms with Crippen LogP contribution in [-0.2, 0) is 13.5 Å². The Balaban J connectivity index is 1.61. The highest BCUT2D eigenvalue weighted by Crippen LogP contribution is 2.45. The molecule has 1 aromatic carbocycles. The normalized spacial score (nSPS) is 11.6. The molecule has 8 heteroatoms. The van der Waals surface area contributed by atoms with E-state index in [4.69, 9.17) is 14.5 Å². The fourth-order valence-electron chi connectivity index (χ4n) is 3.67. The Morgan fingerprint density at radius 3 is 2.61 bits per heavy atom. The number of nitrogens with zero attached hydrogens (tertiary/aromatic N) is 5. The van der Waals surface area contributed by atoms with Crippen molar-refractivity contribution in [2.75, 3.05) is 12.4 Å². The van der Waals surface area contributed by atoms with Gasteiger partial charge in [0.2, 0.25) is 12.1 Å². The lowest BCUT2D eigenvalue weighted by atomic mass is 10.1. The maximum absolute atomic E-state index is 6.13. The van der Waals surface area contributed by atoms with E-state index in [1.54, 1.807) is 12.4 Å². The van der Waals surface area contributed by atoms with Gasteiger partial charge in [0.25, 0.3) is 0 Å². The van der Waals surface area contributed by atoms with Crippen LogP contribution in [-0.4, -0.2) is 27.0 Å². The molecule has 4 aromatic rings. The first-order chi connectivity index (χ1) is 15.1. The molecule has 0 fully saturated rings. The Morgan fingerprint density at radius 2 is 1.84 bits per heavy atom. The zero-order chi connectivity index (χ0) is 21.4. The van der Waals surface area contributed by atoms with Crippen molar-refractivity contribution in [3.8, 4) is 34.5 Å². The first-order valence-corrected chi connectivity index (χ1v) is 9.91. The number of rotatable bonds is 5. The minimum atomic E-state index is 0.229. The van der Waals surface area contributed by atoms with Crippen molar-refractivity contribution in [3.05, 3.63) is 72.2 Å². The number of hydrogen-bond donors (Lipinski definition) is 1. The minimum Gasteiger partial charge on any atom is -0.435 e. The molecule has 0 saturated heterocycles. The molecule has 0 aliphatic heterocycles. The first-order valence-electron chi connectivity index (χ1n) is 9.91. The predicted octanol–water partition coefficient (Wildman–Crippen LogP) is 3.60. The summed E-state index contributed by atoms with van der Waals surface area (Å²) in [6, 6.07) is 10.1. The predicted molar refractivity (Wildman–Crippen MR) is 114 cm³/mol. The van der Waals surface area contributed by atoms with Crippen molar-refractivity contribution >= 4 is 5.69 Å². The molecule has 1 N–H and O–H groups in total. The maximum Gasteiger partial charge on any atom is 0.325 e. The van der Waals surface area contributed by atoms with Gasteiger partial charge in [-0.25, -0.2) is 14.5 Å². The summed E-state index contributed by atoms with van der Waals surface area (Å²) < 4.78 is 14.0. The number of ether oxygens (including phenoxy) is 2. The van der Waals surface area contributed by atoms with E-state index in [2.05, 4.69) is 26.3 Å². The van der Waals surface area contributed by atoms with Crippen molar-refractivity contribution in [3.63, 3.8) is 0 Å². The van der Waals surface area contributed by atoms with E-state index < -0.39 is 0 Å². The quantitative estimate of drug-likeness (QED) is 0.441. The lowest BCUT2D eigenvalue weighted by molar-refractivity contribution is -0.671. The van der Waals surface area contributed by atoms with E-state index in [-0.39, 0.29) is 6.01 Å². The van der Waals surface area contributed by atoms with E-state index in [9.17, 15) is 0 Å². The average molecular weight is 413 g/mol. The average Bonchev–Trinajstić information content (AvgIpc) is 3.14. The summed E-state index contributed by atoms with van der Waals surface area (Å²) in [7, 11) is 3.84. The lowest BCUT2D eigenvalue weighted by Gasteiger charge is -2.12. The van der Waals surface area contributed by atoms with Gasteiger partial charge in [-0.05, 0) is 30.2 Å².